The first-order valence-corrected chi connectivity index (χ1v) is 33.1. The van der Waals surface area contributed by atoms with Crippen LogP contribution >= 0.6 is 0 Å². The predicted octanol–water partition coefficient (Wildman–Crippen LogP) is 19.8. The van der Waals surface area contributed by atoms with E-state index in [-0.39, 0.29) is 28.4 Å². The van der Waals surface area contributed by atoms with Crippen LogP contribution in [0, 0.1) is 13.8 Å². The van der Waals surface area contributed by atoms with E-state index in [1.54, 1.807) is 0 Å². The molecule has 1 aromatic heterocycles. The normalized spacial score (nSPS) is 17.2. The number of ether oxygens (including phenoxy) is 1. The third-order valence-electron chi connectivity index (χ3n) is 22.5. The fourth-order valence-corrected chi connectivity index (χ4v) is 18.1. The zero-order valence-electron chi connectivity index (χ0n) is 54.5. The van der Waals surface area contributed by atoms with Crippen molar-refractivity contribution in [3.05, 3.63) is 279 Å². The average molecular weight is 1180 g/mol. The number of anilines is 9. The van der Waals surface area contributed by atoms with Gasteiger partial charge in [0.1, 0.15) is 18.1 Å². The van der Waals surface area contributed by atoms with E-state index in [4.69, 9.17) is 9.15 Å². The van der Waals surface area contributed by atoms with E-state index in [1.807, 2.05) is 0 Å². The Balaban J connectivity index is 0.995. The summed E-state index contributed by atoms with van der Waals surface area (Å²) in [6.07, 6.45) is 2.06. The molecule has 0 N–H and O–H groups in total. The Morgan fingerprint density at radius 1 is 0.418 bits per heavy atom. The Bertz CT molecular complexity index is 4820. The van der Waals surface area contributed by atoms with E-state index < -0.39 is 10.8 Å². The van der Waals surface area contributed by atoms with Gasteiger partial charge in [-0.25, -0.2) is 0 Å². The second-order valence-corrected chi connectivity index (χ2v) is 30.7. The lowest BCUT2D eigenvalue weighted by Crippen LogP contribution is -2.61. The molecule has 91 heavy (non-hydrogen) atoms. The molecule has 18 rings (SSSR count). The summed E-state index contributed by atoms with van der Waals surface area (Å²) in [6, 6.07) is 79.7. The number of hydrogen-bond acceptors (Lipinski definition) is 5. The molecule has 0 fully saturated rings. The maximum Gasteiger partial charge on any atom is 0.297 e. The molecule has 3 aliphatic carbocycles. The Morgan fingerprint density at radius 2 is 0.901 bits per heavy atom. The van der Waals surface area contributed by atoms with Crippen LogP contribution in [0.15, 0.2) is 211 Å². The number of furan rings is 1. The summed E-state index contributed by atoms with van der Waals surface area (Å²) in [4.78, 5) is 7.96. The summed E-state index contributed by atoms with van der Waals surface area (Å²) in [5, 5.41) is 0. The third kappa shape index (κ3) is 7.09. The van der Waals surface area contributed by atoms with Crippen molar-refractivity contribution in [1.82, 2.24) is 0 Å². The van der Waals surface area contributed by atoms with E-state index in [9.17, 15) is 0 Å². The number of nitrogens with zero attached hydrogens (tertiary/aromatic N) is 3. The van der Waals surface area contributed by atoms with E-state index in [0.717, 1.165) is 69.8 Å². The Morgan fingerprint density at radius 3 is 1.45 bits per heavy atom. The van der Waals surface area contributed by atoms with Crippen molar-refractivity contribution in [3.8, 4) is 28.0 Å². The molecule has 0 atom stereocenters. The van der Waals surface area contributed by atoms with Crippen LogP contribution in [0.4, 0.5) is 51.2 Å². The maximum atomic E-state index is 8.00. The summed E-state index contributed by atoms with van der Waals surface area (Å²) in [7, 11) is 0. The fourth-order valence-electron chi connectivity index (χ4n) is 18.1. The number of fused-ring (bicyclic) bond motifs is 22. The van der Waals surface area contributed by atoms with Gasteiger partial charge in [0.15, 0.2) is 0 Å². The Hall–Kier alpha value is -9.26. The first-order valence-electron chi connectivity index (χ1n) is 33.1. The topological polar surface area (TPSA) is 32.1 Å². The first-order chi connectivity index (χ1) is 43.7. The number of hydrogen-bond donors (Lipinski definition) is 0. The Kier molecular flexibility index (Phi) is 11.0. The van der Waals surface area contributed by atoms with Gasteiger partial charge in [0.2, 0.25) is 0 Å². The van der Waals surface area contributed by atoms with Crippen molar-refractivity contribution in [2.45, 2.75) is 128 Å². The van der Waals surface area contributed by atoms with Crippen LogP contribution in [0.25, 0.3) is 22.3 Å². The molecular formula is C85H76BN3O2. The molecule has 7 aliphatic rings. The van der Waals surface area contributed by atoms with E-state index in [0.29, 0.717) is 6.61 Å². The van der Waals surface area contributed by atoms with Crippen molar-refractivity contribution in [1.29, 1.82) is 0 Å². The van der Waals surface area contributed by atoms with Crippen LogP contribution in [0.5, 0.6) is 5.75 Å². The molecule has 0 unspecified atom stereocenters. The lowest BCUT2D eigenvalue weighted by atomic mass is 9.35. The monoisotopic (exact) mass is 1180 g/mol. The van der Waals surface area contributed by atoms with Gasteiger partial charge in [-0.05, 0) is 180 Å². The molecular weight excluding hydrogens is 1110 g/mol. The lowest BCUT2D eigenvalue weighted by molar-refractivity contribution is 0.282. The third-order valence-corrected chi connectivity index (χ3v) is 22.5. The standard InChI is InChI=1S/C85H76BN3O2/c1-50-43-53(81(6,7)8)44-51(2)76(50)89-70-47-66-73(90-49-84(66)60-29-17-13-25-56(60)57-26-14-18-30-61(57)84)48-67(70)86-75-71(88(54-39-37-52(38-40-54)80(3,4)5)77-74-78(91-79(77)86)83(11,12)42-41-82(74,9)10)45-55(46-72(75)89)87-68-35-23-21-33-64(68)85(65-34-22-24-36-69(65)87)62-31-19-15-27-58(62)59-28-16-20-32-63(59)85/h13-40,43-48H,41-42,49H2,1-12H3. The van der Waals surface area contributed by atoms with Crippen LogP contribution in [-0.2, 0) is 32.5 Å². The van der Waals surface area contributed by atoms with Crippen molar-refractivity contribution >= 4 is 74.5 Å². The second kappa shape index (κ2) is 18.2. The molecule has 0 bridgehead atoms. The van der Waals surface area contributed by atoms with E-state index >= 15 is 0 Å². The second-order valence-electron chi connectivity index (χ2n) is 30.7. The number of aryl methyl sites for hydroxylation is 2. The fraction of sp³-hybridized carbons (Fsp3) is 0.247. The van der Waals surface area contributed by atoms with Crippen LogP contribution in [0.3, 0.4) is 0 Å². The minimum absolute atomic E-state index is 0.0463. The number of rotatable bonds is 3. The first kappa shape index (κ1) is 54.7. The molecule has 0 saturated carbocycles. The van der Waals surface area contributed by atoms with Gasteiger partial charge >= 0.3 is 0 Å². The summed E-state index contributed by atoms with van der Waals surface area (Å²) in [5.74, 6) is 2.04. The SMILES string of the molecule is Cc1cc(C(C)(C)C)cc(C)c1N1c2cc3c(cc2B2c4oc5c(c4N(c4ccc(C(C)(C)C)cc4)c4cc(N6c7ccccc7C7(c8ccccc8-c8ccccc87)c7ccccc76)cc1c42)C(C)(C)CCC5(C)C)OCC31c2ccccc2-c2ccccc21. The quantitative estimate of drug-likeness (QED) is 0.165. The van der Waals surface area contributed by atoms with Gasteiger partial charge in [-0.1, -0.05) is 227 Å². The van der Waals surface area contributed by atoms with Gasteiger partial charge in [-0.3, -0.25) is 0 Å². The smallest absolute Gasteiger partial charge is 0.297 e. The zero-order chi connectivity index (χ0) is 62.2. The molecule has 0 radical (unpaired) electrons. The number of benzene rings is 10. The molecule has 0 amide bonds. The summed E-state index contributed by atoms with van der Waals surface area (Å²) >= 11 is 0. The highest BCUT2D eigenvalue weighted by Gasteiger charge is 2.57. The Labute approximate surface area is 537 Å². The zero-order valence-corrected chi connectivity index (χ0v) is 54.5. The largest absolute Gasteiger partial charge is 0.492 e. The maximum absolute atomic E-state index is 8.00. The van der Waals surface area contributed by atoms with E-state index in [2.05, 4.69) is 304 Å². The van der Waals surface area contributed by atoms with Crippen molar-refractivity contribution in [2.24, 2.45) is 0 Å². The molecule has 4 aliphatic heterocycles. The molecule has 6 heteroatoms. The minimum atomic E-state index is -0.571. The highest BCUT2D eigenvalue weighted by molar-refractivity contribution is 6.99. The van der Waals surface area contributed by atoms with Crippen LogP contribution < -0.4 is 36.0 Å². The van der Waals surface area contributed by atoms with Crippen molar-refractivity contribution < 1.29 is 9.15 Å². The van der Waals surface area contributed by atoms with Gasteiger partial charge in [0.25, 0.3) is 6.71 Å². The van der Waals surface area contributed by atoms with Crippen LogP contribution in [-0.4, -0.2) is 13.3 Å². The number of para-hydroxylation sites is 2. The highest BCUT2D eigenvalue weighted by Crippen LogP contribution is 2.65. The average Bonchev–Trinajstić information content (AvgIpc) is 1.64. The lowest BCUT2D eigenvalue weighted by Gasteiger charge is -2.47. The molecule has 11 aromatic rings. The van der Waals surface area contributed by atoms with Crippen LogP contribution in [0.1, 0.15) is 155 Å². The molecule has 5 heterocycles. The summed E-state index contributed by atoms with van der Waals surface area (Å²) in [5.41, 5.74) is 32.6. The molecule has 10 aromatic carbocycles. The van der Waals surface area contributed by atoms with Gasteiger partial charge < -0.3 is 23.9 Å². The predicted molar refractivity (Wildman–Crippen MR) is 378 cm³/mol. The van der Waals surface area contributed by atoms with Gasteiger partial charge in [-0.2, -0.15) is 0 Å². The molecule has 446 valence electrons. The summed E-state index contributed by atoms with van der Waals surface area (Å²) < 4.78 is 15.3. The van der Waals surface area contributed by atoms with Crippen molar-refractivity contribution in [3.63, 3.8) is 0 Å². The van der Waals surface area contributed by atoms with Gasteiger partial charge in [0.05, 0.1) is 44.9 Å². The van der Waals surface area contributed by atoms with Crippen LogP contribution in [0.2, 0.25) is 0 Å². The highest BCUT2D eigenvalue weighted by atomic mass is 16.5. The minimum Gasteiger partial charge on any atom is -0.492 e. The molecule has 2 spiro atoms. The van der Waals surface area contributed by atoms with Gasteiger partial charge in [-0.15, -0.1) is 0 Å². The van der Waals surface area contributed by atoms with Gasteiger partial charge in [0, 0.05) is 39.3 Å². The molecule has 5 nitrogen and oxygen atoms in total. The summed E-state index contributed by atoms with van der Waals surface area (Å²) in [6.45, 7) is 28.6. The van der Waals surface area contributed by atoms with E-state index in [1.165, 1.54) is 111 Å². The molecule has 0 saturated heterocycles. The van der Waals surface area contributed by atoms with Crippen molar-refractivity contribution in [2.75, 3.05) is 21.3 Å².